The molecule has 2 rings (SSSR count). The van der Waals surface area contributed by atoms with Crippen molar-refractivity contribution >= 4 is 0 Å². The molecule has 0 spiro atoms. The Balaban J connectivity index is 2.08. The van der Waals surface area contributed by atoms with Crippen LogP contribution in [-0.4, -0.2) is 24.9 Å². The quantitative estimate of drug-likeness (QED) is 0.479. The number of rotatable bonds is 3. The average Bonchev–Trinajstić information content (AvgIpc) is 2.79. The fourth-order valence-corrected chi connectivity index (χ4v) is 4.52. The fraction of sp³-hybridized carbons (Fsp3) is 1.00. The Bertz CT molecular complexity index is 425. The van der Waals surface area contributed by atoms with Crippen LogP contribution >= 0.6 is 0 Å². The van der Waals surface area contributed by atoms with Gasteiger partial charge in [-0.05, 0) is 62.7 Å². The van der Waals surface area contributed by atoms with Crippen LogP contribution in [-0.2, 0) is 19.6 Å². The highest BCUT2D eigenvalue weighted by atomic mass is 17.2. The second-order valence-corrected chi connectivity index (χ2v) is 10.3. The first-order valence-electron chi connectivity index (χ1n) is 12.0. The molecule has 2 fully saturated rings. The second-order valence-electron chi connectivity index (χ2n) is 10.3. The largest absolute Gasteiger partial charge is 0.236 e. The summed E-state index contributed by atoms with van der Waals surface area (Å²) in [4.78, 5) is 23.7. The van der Waals surface area contributed by atoms with Gasteiger partial charge in [0.1, 0.15) is 11.7 Å². The maximum Gasteiger partial charge on any atom is 0.130 e. The van der Waals surface area contributed by atoms with Gasteiger partial charge in [-0.1, -0.05) is 66.2 Å². The molecule has 2 saturated heterocycles. The Morgan fingerprint density at radius 2 is 1.32 bits per heavy atom. The summed E-state index contributed by atoms with van der Waals surface area (Å²) >= 11 is 0. The van der Waals surface area contributed by atoms with Crippen molar-refractivity contribution in [1.29, 1.82) is 0 Å². The normalized spacial score (nSPS) is 37.0. The van der Waals surface area contributed by atoms with E-state index < -0.39 is 5.60 Å². The van der Waals surface area contributed by atoms with E-state index >= 15 is 0 Å². The average molecular weight is 399 g/mol. The van der Waals surface area contributed by atoms with Crippen molar-refractivity contribution in [2.24, 2.45) is 17.3 Å². The molecule has 2 aliphatic heterocycles. The lowest BCUT2D eigenvalue weighted by atomic mass is 9.77. The molecule has 0 aromatic carbocycles. The van der Waals surface area contributed by atoms with Crippen LogP contribution in [0.3, 0.4) is 0 Å². The number of hydrogen-bond donors (Lipinski definition) is 0. The number of hydrogen-bond acceptors (Lipinski definition) is 4. The Morgan fingerprint density at radius 3 is 2.00 bits per heavy atom. The van der Waals surface area contributed by atoms with Crippen LogP contribution in [0.1, 0.15) is 112 Å². The molecule has 166 valence electrons. The minimum atomic E-state index is -0.471. The molecule has 2 heterocycles. The predicted molar refractivity (Wildman–Crippen MR) is 114 cm³/mol. The van der Waals surface area contributed by atoms with Gasteiger partial charge in [-0.25, -0.2) is 19.6 Å². The lowest BCUT2D eigenvalue weighted by Gasteiger charge is -2.38. The second kappa shape index (κ2) is 11.9. The first kappa shape index (κ1) is 24.1. The molecule has 0 amide bonds. The van der Waals surface area contributed by atoms with Crippen LogP contribution in [0.5, 0.6) is 0 Å². The van der Waals surface area contributed by atoms with Crippen LogP contribution < -0.4 is 0 Å². The molecule has 0 aromatic heterocycles. The van der Waals surface area contributed by atoms with Crippen molar-refractivity contribution in [3.05, 3.63) is 0 Å². The molecule has 0 N–H and O–H groups in total. The summed E-state index contributed by atoms with van der Waals surface area (Å²) < 4.78 is 0. The minimum Gasteiger partial charge on any atom is -0.236 e. The smallest absolute Gasteiger partial charge is 0.130 e. The van der Waals surface area contributed by atoms with Gasteiger partial charge in [-0.3, -0.25) is 0 Å². The first-order chi connectivity index (χ1) is 13.4. The lowest BCUT2D eigenvalue weighted by molar-refractivity contribution is -0.425. The van der Waals surface area contributed by atoms with E-state index in [0.717, 1.165) is 38.5 Å². The van der Waals surface area contributed by atoms with Gasteiger partial charge in [0.05, 0.1) is 13.2 Å². The van der Waals surface area contributed by atoms with E-state index in [1.165, 1.54) is 38.5 Å². The molecular weight excluding hydrogens is 352 g/mol. The van der Waals surface area contributed by atoms with Gasteiger partial charge in [-0.15, -0.1) is 0 Å². The Kier molecular flexibility index (Phi) is 10.2. The molecule has 4 heteroatoms. The highest BCUT2D eigenvalue weighted by Crippen LogP contribution is 2.38. The molecule has 2 aliphatic rings. The van der Waals surface area contributed by atoms with E-state index in [0.29, 0.717) is 30.5 Å². The zero-order valence-corrected chi connectivity index (χ0v) is 19.3. The summed E-state index contributed by atoms with van der Waals surface area (Å²) in [5.41, 5.74) is -0.154. The molecule has 0 radical (unpaired) electrons. The highest BCUT2D eigenvalue weighted by molar-refractivity contribution is 4.87. The van der Waals surface area contributed by atoms with Crippen molar-refractivity contribution in [3.8, 4) is 0 Å². The zero-order valence-electron chi connectivity index (χ0n) is 19.3. The summed E-state index contributed by atoms with van der Waals surface area (Å²) in [7, 11) is 0. The third-order valence-corrected chi connectivity index (χ3v) is 7.22. The monoisotopic (exact) mass is 398 g/mol. The predicted octanol–water partition coefficient (Wildman–Crippen LogP) is 7.02. The summed E-state index contributed by atoms with van der Waals surface area (Å²) in [5.74, 6) is 1.18. The van der Waals surface area contributed by atoms with Crippen molar-refractivity contribution in [3.63, 3.8) is 0 Å². The van der Waals surface area contributed by atoms with E-state index in [4.69, 9.17) is 19.6 Å². The molecule has 28 heavy (non-hydrogen) atoms. The van der Waals surface area contributed by atoms with Gasteiger partial charge >= 0.3 is 0 Å². The lowest BCUT2D eigenvalue weighted by Crippen LogP contribution is -2.45. The van der Waals surface area contributed by atoms with E-state index in [2.05, 4.69) is 34.6 Å². The molecule has 0 saturated carbocycles. The molecule has 4 unspecified atom stereocenters. The maximum absolute atomic E-state index is 6.15. The first-order valence-corrected chi connectivity index (χ1v) is 12.0. The minimum absolute atomic E-state index is 0.0816. The summed E-state index contributed by atoms with van der Waals surface area (Å²) in [6.07, 6.45) is 14.0. The van der Waals surface area contributed by atoms with E-state index in [-0.39, 0.29) is 6.10 Å². The molecular formula is C24H46O4. The molecule has 0 aliphatic carbocycles. The Labute approximate surface area is 173 Å². The van der Waals surface area contributed by atoms with E-state index in [1.54, 1.807) is 0 Å². The standard InChI is InChI=1S/C24H46O4/c1-6-20-12-8-9-14-22(27-25-18-20)24(5)17-16-23(3,4)15-11-10-13-21(7-2)19-26-28-24/h20-22H,6-19H2,1-5H3. The van der Waals surface area contributed by atoms with E-state index in [1.807, 2.05) is 0 Å². The molecule has 0 aromatic rings. The zero-order chi connectivity index (χ0) is 20.5. The van der Waals surface area contributed by atoms with Gasteiger partial charge in [0.2, 0.25) is 0 Å². The third kappa shape index (κ3) is 7.93. The van der Waals surface area contributed by atoms with Crippen molar-refractivity contribution in [2.75, 3.05) is 13.2 Å². The fourth-order valence-electron chi connectivity index (χ4n) is 4.52. The van der Waals surface area contributed by atoms with Crippen LogP contribution in [0.15, 0.2) is 0 Å². The third-order valence-electron chi connectivity index (χ3n) is 7.22. The summed E-state index contributed by atoms with van der Waals surface area (Å²) in [6.45, 7) is 12.8. The van der Waals surface area contributed by atoms with Crippen LogP contribution in [0.25, 0.3) is 0 Å². The van der Waals surface area contributed by atoms with E-state index in [9.17, 15) is 0 Å². The molecule has 4 nitrogen and oxygen atoms in total. The topological polar surface area (TPSA) is 36.9 Å². The Morgan fingerprint density at radius 1 is 0.714 bits per heavy atom. The van der Waals surface area contributed by atoms with Gasteiger partial charge in [-0.2, -0.15) is 0 Å². The van der Waals surface area contributed by atoms with Gasteiger partial charge < -0.3 is 0 Å². The van der Waals surface area contributed by atoms with Crippen molar-refractivity contribution < 1.29 is 19.6 Å². The van der Waals surface area contributed by atoms with Crippen molar-refractivity contribution in [1.82, 2.24) is 0 Å². The van der Waals surface area contributed by atoms with Crippen LogP contribution in [0, 0.1) is 17.3 Å². The van der Waals surface area contributed by atoms with Gasteiger partial charge in [0.25, 0.3) is 0 Å². The van der Waals surface area contributed by atoms with Crippen LogP contribution in [0.2, 0.25) is 0 Å². The summed E-state index contributed by atoms with van der Waals surface area (Å²) in [6, 6.07) is 0. The Hall–Kier alpha value is -0.160. The maximum atomic E-state index is 6.15. The molecule has 0 bridgehead atoms. The summed E-state index contributed by atoms with van der Waals surface area (Å²) in [5, 5.41) is 0. The van der Waals surface area contributed by atoms with Gasteiger partial charge in [0, 0.05) is 0 Å². The van der Waals surface area contributed by atoms with Crippen molar-refractivity contribution in [2.45, 2.75) is 123 Å². The molecule has 4 atom stereocenters. The van der Waals surface area contributed by atoms with Gasteiger partial charge in [0.15, 0.2) is 0 Å². The SMILES string of the molecule is CCC1CCCCC(C2(C)CCC(C)(C)CCCCC(CC)COO2)OOC1. The highest BCUT2D eigenvalue weighted by Gasteiger charge is 2.40. The van der Waals surface area contributed by atoms with Crippen LogP contribution in [0.4, 0.5) is 0 Å².